The molecule has 1 aromatic carbocycles. The Kier molecular flexibility index (Phi) is 5.91. The monoisotopic (exact) mass is 345 g/mol. The van der Waals surface area contributed by atoms with Crippen LogP contribution in [0.5, 0.6) is 5.75 Å². The standard InChI is InChI=1S/C19H27N3O3/c1-2-25-16-7-5-14(6-8-16)19(24)22-12-9-15(10-13-22)21-18(23)17-4-3-11-20-17/h5-8,15,17,20H,2-4,9-13H2,1H3,(H,21,23). The predicted octanol–water partition coefficient (Wildman–Crippen LogP) is 1.56. The highest BCUT2D eigenvalue weighted by molar-refractivity contribution is 5.94. The zero-order chi connectivity index (χ0) is 17.6. The lowest BCUT2D eigenvalue weighted by Gasteiger charge is -2.33. The second kappa shape index (κ2) is 8.34. The van der Waals surface area contributed by atoms with Gasteiger partial charge in [-0.3, -0.25) is 9.59 Å². The summed E-state index contributed by atoms with van der Waals surface area (Å²) in [4.78, 5) is 26.6. The molecule has 6 heteroatoms. The maximum Gasteiger partial charge on any atom is 0.253 e. The quantitative estimate of drug-likeness (QED) is 0.850. The Morgan fingerprint density at radius 2 is 1.92 bits per heavy atom. The van der Waals surface area contributed by atoms with E-state index in [4.69, 9.17) is 4.74 Å². The summed E-state index contributed by atoms with van der Waals surface area (Å²) in [6.07, 6.45) is 3.59. The maximum absolute atomic E-state index is 12.6. The molecular formula is C19H27N3O3. The minimum absolute atomic E-state index is 0.0384. The fraction of sp³-hybridized carbons (Fsp3) is 0.579. The van der Waals surface area contributed by atoms with Crippen LogP contribution in [-0.4, -0.2) is 55.0 Å². The van der Waals surface area contributed by atoms with Crippen LogP contribution in [0.4, 0.5) is 0 Å². The van der Waals surface area contributed by atoms with E-state index in [-0.39, 0.29) is 23.9 Å². The minimum Gasteiger partial charge on any atom is -0.494 e. The molecule has 0 spiro atoms. The van der Waals surface area contributed by atoms with E-state index in [9.17, 15) is 9.59 Å². The van der Waals surface area contributed by atoms with Crippen LogP contribution < -0.4 is 15.4 Å². The number of rotatable bonds is 5. The van der Waals surface area contributed by atoms with Crippen LogP contribution in [0.3, 0.4) is 0 Å². The van der Waals surface area contributed by atoms with Gasteiger partial charge in [0, 0.05) is 24.7 Å². The van der Waals surface area contributed by atoms with Gasteiger partial charge in [0.1, 0.15) is 5.75 Å². The van der Waals surface area contributed by atoms with Crippen LogP contribution in [0.2, 0.25) is 0 Å². The van der Waals surface area contributed by atoms with Crippen LogP contribution in [0.25, 0.3) is 0 Å². The Bertz CT molecular complexity index is 588. The van der Waals surface area contributed by atoms with E-state index in [0.717, 1.165) is 38.0 Å². The van der Waals surface area contributed by atoms with Gasteiger partial charge in [0.05, 0.1) is 12.6 Å². The van der Waals surface area contributed by atoms with Crippen molar-refractivity contribution in [2.24, 2.45) is 0 Å². The van der Waals surface area contributed by atoms with Gasteiger partial charge in [0.2, 0.25) is 5.91 Å². The summed E-state index contributed by atoms with van der Waals surface area (Å²) < 4.78 is 5.41. The molecule has 0 aromatic heterocycles. The molecule has 6 nitrogen and oxygen atoms in total. The first-order valence-electron chi connectivity index (χ1n) is 9.23. The zero-order valence-corrected chi connectivity index (χ0v) is 14.8. The Hall–Kier alpha value is -2.08. The lowest BCUT2D eigenvalue weighted by Crippen LogP contribution is -2.50. The van der Waals surface area contributed by atoms with Gasteiger partial charge in [-0.25, -0.2) is 0 Å². The van der Waals surface area contributed by atoms with Crippen LogP contribution >= 0.6 is 0 Å². The second-order valence-electron chi connectivity index (χ2n) is 6.68. The van der Waals surface area contributed by atoms with Crippen molar-refractivity contribution in [3.8, 4) is 5.75 Å². The van der Waals surface area contributed by atoms with Crippen molar-refractivity contribution in [1.82, 2.24) is 15.5 Å². The summed E-state index contributed by atoms with van der Waals surface area (Å²) in [5.74, 6) is 0.931. The first-order valence-corrected chi connectivity index (χ1v) is 9.23. The van der Waals surface area contributed by atoms with E-state index in [1.54, 1.807) is 0 Å². The average Bonchev–Trinajstić information content (AvgIpc) is 3.18. The molecule has 0 bridgehead atoms. The van der Waals surface area contributed by atoms with E-state index in [1.165, 1.54) is 0 Å². The van der Waals surface area contributed by atoms with Gasteiger partial charge >= 0.3 is 0 Å². The van der Waals surface area contributed by atoms with E-state index in [1.807, 2.05) is 36.1 Å². The van der Waals surface area contributed by atoms with Gasteiger partial charge in [-0.05, 0) is 63.4 Å². The van der Waals surface area contributed by atoms with Crippen LogP contribution in [0.1, 0.15) is 43.0 Å². The number of ether oxygens (including phenoxy) is 1. The Morgan fingerprint density at radius 1 is 1.20 bits per heavy atom. The van der Waals surface area contributed by atoms with E-state index in [2.05, 4.69) is 10.6 Å². The Balaban J connectivity index is 1.47. The van der Waals surface area contributed by atoms with Crippen molar-refractivity contribution in [2.75, 3.05) is 26.2 Å². The summed E-state index contributed by atoms with van der Waals surface area (Å²) in [5, 5.41) is 6.35. The molecule has 0 saturated carbocycles. The summed E-state index contributed by atoms with van der Waals surface area (Å²) in [7, 11) is 0. The average molecular weight is 345 g/mol. The number of carbonyl (C=O) groups is 2. The lowest BCUT2D eigenvalue weighted by atomic mass is 10.0. The van der Waals surface area contributed by atoms with Gasteiger partial charge < -0.3 is 20.3 Å². The summed E-state index contributed by atoms with van der Waals surface area (Å²) >= 11 is 0. The molecule has 2 amide bonds. The number of carbonyl (C=O) groups excluding carboxylic acids is 2. The van der Waals surface area contributed by atoms with Crippen molar-refractivity contribution in [3.05, 3.63) is 29.8 Å². The largest absolute Gasteiger partial charge is 0.494 e. The third kappa shape index (κ3) is 4.51. The molecule has 2 heterocycles. The molecular weight excluding hydrogens is 318 g/mol. The molecule has 3 rings (SSSR count). The topological polar surface area (TPSA) is 70.7 Å². The van der Waals surface area contributed by atoms with Crippen LogP contribution in [-0.2, 0) is 4.79 Å². The maximum atomic E-state index is 12.6. The highest BCUT2D eigenvalue weighted by Gasteiger charge is 2.28. The van der Waals surface area contributed by atoms with Crippen molar-refractivity contribution in [1.29, 1.82) is 0 Å². The SMILES string of the molecule is CCOc1ccc(C(=O)N2CCC(NC(=O)C3CCCN3)CC2)cc1. The van der Waals surface area contributed by atoms with Crippen molar-refractivity contribution in [2.45, 2.75) is 44.7 Å². The zero-order valence-electron chi connectivity index (χ0n) is 14.8. The number of likely N-dealkylation sites (tertiary alicyclic amines) is 1. The number of nitrogens with one attached hydrogen (secondary N) is 2. The third-order valence-electron chi connectivity index (χ3n) is 4.92. The molecule has 2 N–H and O–H groups in total. The molecule has 25 heavy (non-hydrogen) atoms. The highest BCUT2D eigenvalue weighted by atomic mass is 16.5. The fourth-order valence-corrected chi connectivity index (χ4v) is 3.48. The number of hydrogen-bond acceptors (Lipinski definition) is 4. The van der Waals surface area contributed by atoms with E-state index < -0.39 is 0 Å². The predicted molar refractivity (Wildman–Crippen MR) is 95.7 cm³/mol. The smallest absolute Gasteiger partial charge is 0.253 e. The first kappa shape index (κ1) is 17.7. The minimum atomic E-state index is -0.0384. The molecule has 1 atom stereocenters. The molecule has 0 aliphatic carbocycles. The van der Waals surface area contributed by atoms with Gasteiger partial charge in [-0.15, -0.1) is 0 Å². The Labute approximate surface area is 148 Å². The third-order valence-corrected chi connectivity index (χ3v) is 4.92. The van der Waals surface area contributed by atoms with Crippen LogP contribution in [0.15, 0.2) is 24.3 Å². The number of benzene rings is 1. The number of nitrogens with zero attached hydrogens (tertiary/aromatic N) is 1. The van der Waals surface area contributed by atoms with Gasteiger partial charge in [0.15, 0.2) is 0 Å². The van der Waals surface area contributed by atoms with Crippen molar-refractivity contribution in [3.63, 3.8) is 0 Å². The number of piperidine rings is 1. The number of amides is 2. The second-order valence-corrected chi connectivity index (χ2v) is 6.68. The van der Waals surface area contributed by atoms with Crippen LogP contribution in [0, 0.1) is 0 Å². The summed E-state index contributed by atoms with van der Waals surface area (Å²) in [5.41, 5.74) is 0.682. The molecule has 2 aliphatic heterocycles. The number of hydrogen-bond donors (Lipinski definition) is 2. The van der Waals surface area contributed by atoms with E-state index in [0.29, 0.717) is 25.3 Å². The molecule has 2 fully saturated rings. The van der Waals surface area contributed by atoms with Crippen molar-refractivity contribution >= 4 is 11.8 Å². The molecule has 1 aromatic rings. The molecule has 0 radical (unpaired) electrons. The van der Waals surface area contributed by atoms with E-state index >= 15 is 0 Å². The van der Waals surface area contributed by atoms with Gasteiger partial charge in [0.25, 0.3) is 5.91 Å². The van der Waals surface area contributed by atoms with Crippen molar-refractivity contribution < 1.29 is 14.3 Å². The lowest BCUT2D eigenvalue weighted by molar-refractivity contribution is -0.123. The summed E-state index contributed by atoms with van der Waals surface area (Å²) in [6, 6.07) is 7.42. The first-order chi connectivity index (χ1) is 12.2. The molecule has 136 valence electrons. The molecule has 2 aliphatic rings. The highest BCUT2D eigenvalue weighted by Crippen LogP contribution is 2.17. The normalized spacial score (nSPS) is 21.2. The van der Waals surface area contributed by atoms with Gasteiger partial charge in [-0.2, -0.15) is 0 Å². The summed E-state index contributed by atoms with van der Waals surface area (Å²) in [6.45, 7) is 4.82. The fourth-order valence-electron chi connectivity index (χ4n) is 3.48. The Morgan fingerprint density at radius 3 is 2.52 bits per heavy atom. The van der Waals surface area contributed by atoms with Gasteiger partial charge in [-0.1, -0.05) is 0 Å². The molecule has 2 saturated heterocycles. The molecule has 1 unspecified atom stereocenters.